The lowest BCUT2D eigenvalue weighted by Gasteiger charge is -2.19. The van der Waals surface area contributed by atoms with Crippen molar-refractivity contribution in [3.63, 3.8) is 0 Å². The zero-order valence-corrected chi connectivity index (χ0v) is 10.7. The van der Waals surface area contributed by atoms with E-state index in [0.717, 1.165) is 17.5 Å². The van der Waals surface area contributed by atoms with Crippen LogP contribution in [0, 0.1) is 5.92 Å². The Morgan fingerprint density at radius 3 is 2.88 bits per heavy atom. The molecule has 0 spiro atoms. The minimum absolute atomic E-state index is 0.373. The zero-order chi connectivity index (χ0) is 12.4. The molecule has 0 saturated carbocycles. The van der Waals surface area contributed by atoms with Crippen molar-refractivity contribution < 1.29 is 0 Å². The van der Waals surface area contributed by atoms with Gasteiger partial charge in [-0.2, -0.15) is 0 Å². The van der Waals surface area contributed by atoms with Crippen molar-refractivity contribution >= 4 is 17.0 Å². The van der Waals surface area contributed by atoms with Gasteiger partial charge in [0, 0.05) is 12.2 Å². The predicted molar refractivity (Wildman–Crippen MR) is 70.7 cm³/mol. The van der Waals surface area contributed by atoms with E-state index in [0.29, 0.717) is 17.9 Å². The first-order valence-corrected chi connectivity index (χ1v) is 6.20. The van der Waals surface area contributed by atoms with Crippen LogP contribution in [-0.2, 0) is 0 Å². The molecule has 0 saturated heterocycles. The molecule has 4 heteroatoms. The maximum atomic E-state index is 6.00. The van der Waals surface area contributed by atoms with Gasteiger partial charge in [0.05, 0.1) is 11.7 Å². The van der Waals surface area contributed by atoms with Crippen LogP contribution in [0.2, 0.25) is 0 Å². The van der Waals surface area contributed by atoms with E-state index in [2.05, 4.69) is 35.3 Å². The Morgan fingerprint density at radius 1 is 1.41 bits per heavy atom. The maximum Gasteiger partial charge on any atom is 0.201 e. The molecule has 0 bridgehead atoms. The molecule has 2 N–H and O–H groups in total. The Hall–Kier alpha value is -1.58. The summed E-state index contributed by atoms with van der Waals surface area (Å²) in [4.78, 5) is 8.42. The highest BCUT2D eigenvalue weighted by Gasteiger charge is 2.15. The minimum Gasteiger partial charge on any atom is -0.369 e. The molecule has 4 nitrogen and oxygen atoms in total. The number of anilines is 1. The fourth-order valence-corrected chi connectivity index (χ4v) is 2.29. The monoisotopic (exact) mass is 232 g/mol. The number of aromatic nitrogens is 3. The van der Waals surface area contributed by atoms with Gasteiger partial charge < -0.3 is 10.3 Å². The Morgan fingerprint density at radius 2 is 2.18 bits per heavy atom. The third-order valence-electron chi connectivity index (χ3n) is 3.40. The molecular formula is C13H20N4. The van der Waals surface area contributed by atoms with Crippen LogP contribution >= 0.6 is 0 Å². The van der Waals surface area contributed by atoms with Gasteiger partial charge in [0.2, 0.25) is 5.95 Å². The molecular weight excluding hydrogens is 212 g/mol. The second kappa shape index (κ2) is 4.73. The summed E-state index contributed by atoms with van der Waals surface area (Å²) in [6.07, 6.45) is 5.86. The van der Waals surface area contributed by atoms with E-state index in [1.165, 1.54) is 6.42 Å². The molecule has 0 amide bonds. The molecule has 0 aliphatic heterocycles. The third-order valence-corrected chi connectivity index (χ3v) is 3.40. The normalized spacial score (nSPS) is 15.0. The average molecular weight is 232 g/mol. The van der Waals surface area contributed by atoms with Gasteiger partial charge in [0.1, 0.15) is 5.52 Å². The van der Waals surface area contributed by atoms with Gasteiger partial charge in [-0.1, -0.05) is 20.3 Å². The Balaban J connectivity index is 2.37. The fraction of sp³-hybridized carbons (Fsp3) is 0.538. The molecule has 2 atom stereocenters. The van der Waals surface area contributed by atoms with E-state index in [1.807, 2.05) is 6.07 Å². The number of nitrogens with zero attached hydrogens (tertiary/aromatic N) is 3. The molecule has 0 aromatic carbocycles. The van der Waals surface area contributed by atoms with Gasteiger partial charge in [-0.05, 0) is 25.3 Å². The SMILES string of the molecule is CCC(C)CC(C)n1c(N)nc2cnccc21. The van der Waals surface area contributed by atoms with Gasteiger partial charge in [0.15, 0.2) is 0 Å². The third kappa shape index (κ3) is 2.25. The van der Waals surface area contributed by atoms with Crippen molar-refractivity contribution in [1.82, 2.24) is 14.5 Å². The number of hydrogen-bond donors (Lipinski definition) is 1. The van der Waals surface area contributed by atoms with Crippen molar-refractivity contribution in [2.45, 2.75) is 39.7 Å². The highest BCUT2D eigenvalue weighted by molar-refractivity contribution is 5.77. The summed E-state index contributed by atoms with van der Waals surface area (Å²) in [5, 5.41) is 0. The molecule has 2 aromatic rings. The van der Waals surface area contributed by atoms with E-state index in [4.69, 9.17) is 5.73 Å². The Bertz CT molecular complexity index is 503. The van der Waals surface area contributed by atoms with Crippen LogP contribution in [0.25, 0.3) is 11.0 Å². The molecule has 2 heterocycles. The molecule has 2 rings (SSSR count). The van der Waals surface area contributed by atoms with Crippen LogP contribution in [0.15, 0.2) is 18.5 Å². The molecule has 17 heavy (non-hydrogen) atoms. The second-order valence-corrected chi connectivity index (χ2v) is 4.80. The number of hydrogen-bond acceptors (Lipinski definition) is 3. The van der Waals surface area contributed by atoms with Crippen molar-refractivity contribution in [2.75, 3.05) is 5.73 Å². The summed E-state index contributed by atoms with van der Waals surface area (Å²) < 4.78 is 2.11. The highest BCUT2D eigenvalue weighted by atomic mass is 15.2. The molecule has 0 fully saturated rings. The van der Waals surface area contributed by atoms with Crippen molar-refractivity contribution in [3.8, 4) is 0 Å². The first-order valence-electron chi connectivity index (χ1n) is 6.20. The summed E-state index contributed by atoms with van der Waals surface area (Å²) in [5.41, 5.74) is 7.95. The minimum atomic E-state index is 0.373. The molecule has 92 valence electrons. The lowest BCUT2D eigenvalue weighted by atomic mass is 10.0. The van der Waals surface area contributed by atoms with E-state index in [1.54, 1.807) is 12.4 Å². The van der Waals surface area contributed by atoms with Gasteiger partial charge in [-0.3, -0.25) is 4.98 Å². The molecule has 2 aromatic heterocycles. The first-order chi connectivity index (χ1) is 8.13. The number of imidazole rings is 1. The van der Waals surface area contributed by atoms with Crippen molar-refractivity contribution in [3.05, 3.63) is 18.5 Å². The Kier molecular flexibility index (Phi) is 3.31. The van der Waals surface area contributed by atoms with Gasteiger partial charge in [0.25, 0.3) is 0 Å². The standard InChI is InChI=1S/C13H20N4/c1-4-9(2)7-10(3)17-12-5-6-15-8-11(12)16-13(17)14/h5-6,8-10H,4,7H2,1-3H3,(H2,14,16). The predicted octanol–water partition coefficient (Wildman–Crippen LogP) is 3.01. The van der Waals surface area contributed by atoms with Crippen molar-refractivity contribution in [2.24, 2.45) is 5.92 Å². The first kappa shape index (κ1) is 11.9. The molecule has 0 aliphatic carbocycles. The second-order valence-electron chi connectivity index (χ2n) is 4.80. The van der Waals surface area contributed by atoms with Crippen LogP contribution in [0.3, 0.4) is 0 Å². The largest absolute Gasteiger partial charge is 0.369 e. The smallest absolute Gasteiger partial charge is 0.201 e. The summed E-state index contributed by atoms with van der Waals surface area (Å²) in [7, 11) is 0. The summed E-state index contributed by atoms with van der Waals surface area (Å²) in [6.45, 7) is 6.69. The fourth-order valence-electron chi connectivity index (χ4n) is 2.29. The van der Waals surface area contributed by atoms with E-state index >= 15 is 0 Å². The van der Waals surface area contributed by atoms with Crippen LogP contribution in [0.1, 0.15) is 39.7 Å². The summed E-state index contributed by atoms with van der Waals surface area (Å²) >= 11 is 0. The van der Waals surface area contributed by atoms with Gasteiger partial charge in [-0.25, -0.2) is 4.98 Å². The number of pyridine rings is 1. The van der Waals surface area contributed by atoms with Crippen LogP contribution in [0.4, 0.5) is 5.95 Å². The van der Waals surface area contributed by atoms with E-state index in [-0.39, 0.29) is 0 Å². The molecule has 0 radical (unpaired) electrons. The number of nitrogens with two attached hydrogens (primary N) is 1. The van der Waals surface area contributed by atoms with Crippen LogP contribution in [-0.4, -0.2) is 14.5 Å². The van der Waals surface area contributed by atoms with Gasteiger partial charge in [-0.15, -0.1) is 0 Å². The Labute approximate surface area is 102 Å². The quantitative estimate of drug-likeness (QED) is 0.881. The number of fused-ring (bicyclic) bond motifs is 1. The lowest BCUT2D eigenvalue weighted by Crippen LogP contribution is -2.11. The summed E-state index contributed by atoms with van der Waals surface area (Å²) in [5.74, 6) is 1.28. The number of nitrogen functional groups attached to an aromatic ring is 1. The number of rotatable bonds is 4. The zero-order valence-electron chi connectivity index (χ0n) is 10.7. The van der Waals surface area contributed by atoms with Crippen molar-refractivity contribution in [1.29, 1.82) is 0 Å². The van der Waals surface area contributed by atoms with E-state index in [9.17, 15) is 0 Å². The summed E-state index contributed by atoms with van der Waals surface area (Å²) in [6, 6.07) is 2.35. The topological polar surface area (TPSA) is 56.7 Å². The van der Waals surface area contributed by atoms with Crippen LogP contribution in [0.5, 0.6) is 0 Å². The highest BCUT2D eigenvalue weighted by Crippen LogP contribution is 2.26. The van der Waals surface area contributed by atoms with Gasteiger partial charge >= 0.3 is 0 Å². The van der Waals surface area contributed by atoms with Crippen LogP contribution < -0.4 is 5.73 Å². The van der Waals surface area contributed by atoms with E-state index < -0.39 is 0 Å². The molecule has 2 unspecified atom stereocenters. The lowest BCUT2D eigenvalue weighted by molar-refractivity contribution is 0.407. The molecule has 0 aliphatic rings. The maximum absolute atomic E-state index is 6.00. The average Bonchev–Trinajstić information content (AvgIpc) is 2.64.